The molecule has 8 nitrogen and oxygen atoms in total. The molecule has 0 aromatic heterocycles. The SMILES string of the molecule is COc1cccc(CCCNC(=O)[C@H](C)N(c2ccc3c(c2)OCCO3)S(C)(=O)=O)c1. The van der Waals surface area contributed by atoms with E-state index in [-0.39, 0.29) is 5.91 Å². The molecule has 1 heterocycles. The molecule has 2 aromatic carbocycles. The van der Waals surface area contributed by atoms with Gasteiger partial charge in [0.15, 0.2) is 11.5 Å². The fraction of sp³-hybridized carbons (Fsp3) is 0.409. The molecule has 1 aliphatic heterocycles. The van der Waals surface area contributed by atoms with Crippen molar-refractivity contribution in [2.75, 3.05) is 37.4 Å². The number of carbonyl (C=O) groups is 1. The first kappa shape index (κ1) is 22.7. The Morgan fingerprint density at radius 2 is 1.90 bits per heavy atom. The number of ether oxygens (including phenoxy) is 3. The molecule has 3 rings (SSSR count). The van der Waals surface area contributed by atoms with Crippen molar-refractivity contribution in [3.05, 3.63) is 48.0 Å². The first-order valence-corrected chi connectivity index (χ1v) is 11.9. The minimum absolute atomic E-state index is 0.353. The minimum Gasteiger partial charge on any atom is -0.497 e. The molecule has 2 aromatic rings. The molecule has 0 unspecified atom stereocenters. The number of rotatable bonds is 9. The number of hydrogen-bond donors (Lipinski definition) is 1. The third-order valence-electron chi connectivity index (χ3n) is 4.94. The van der Waals surface area contributed by atoms with Crippen molar-refractivity contribution < 1.29 is 27.4 Å². The maximum absolute atomic E-state index is 12.7. The topological polar surface area (TPSA) is 94.2 Å². The molecule has 0 fully saturated rings. The van der Waals surface area contributed by atoms with Gasteiger partial charge >= 0.3 is 0 Å². The standard InChI is InChI=1S/C22H28N2O6S/c1-16(22(25)23-11-5-7-17-6-4-8-19(14-17)28-2)24(31(3,26)27)18-9-10-20-21(15-18)30-13-12-29-20/h4,6,8-10,14-16H,5,7,11-13H2,1-3H3,(H,23,25)/t16-/m0/s1. The Balaban J connectivity index is 1.63. The normalized spacial score (nSPS) is 13.9. The summed E-state index contributed by atoms with van der Waals surface area (Å²) in [6.45, 7) is 2.82. The molecular weight excluding hydrogens is 420 g/mol. The Morgan fingerprint density at radius 3 is 2.61 bits per heavy atom. The Labute approximate surface area is 183 Å². The fourth-order valence-electron chi connectivity index (χ4n) is 3.46. The highest BCUT2D eigenvalue weighted by atomic mass is 32.2. The van der Waals surface area contributed by atoms with Gasteiger partial charge in [-0.1, -0.05) is 12.1 Å². The summed E-state index contributed by atoms with van der Waals surface area (Å²) in [7, 11) is -2.09. The number of carbonyl (C=O) groups excluding carboxylic acids is 1. The molecule has 9 heteroatoms. The summed E-state index contributed by atoms with van der Waals surface area (Å²) in [6.07, 6.45) is 2.56. The summed E-state index contributed by atoms with van der Waals surface area (Å²) in [6, 6.07) is 11.7. The Kier molecular flexibility index (Phi) is 7.27. The smallest absolute Gasteiger partial charge is 0.243 e. The lowest BCUT2D eigenvalue weighted by Crippen LogP contribution is -2.48. The molecular formula is C22H28N2O6S. The van der Waals surface area contributed by atoms with Gasteiger partial charge in [-0.3, -0.25) is 9.10 Å². The highest BCUT2D eigenvalue weighted by molar-refractivity contribution is 7.92. The van der Waals surface area contributed by atoms with E-state index in [0.29, 0.717) is 43.4 Å². The van der Waals surface area contributed by atoms with Crippen LogP contribution in [0.25, 0.3) is 0 Å². The van der Waals surface area contributed by atoms with Gasteiger partial charge in [0.1, 0.15) is 25.0 Å². The lowest BCUT2D eigenvalue weighted by atomic mass is 10.1. The van der Waals surface area contributed by atoms with E-state index in [1.807, 2.05) is 24.3 Å². The Bertz CT molecular complexity index is 1020. The molecule has 1 atom stereocenters. The van der Waals surface area contributed by atoms with Crippen LogP contribution in [0.15, 0.2) is 42.5 Å². The minimum atomic E-state index is -3.71. The van der Waals surface area contributed by atoms with Crippen LogP contribution in [0, 0.1) is 0 Å². The van der Waals surface area contributed by atoms with E-state index in [1.54, 1.807) is 32.2 Å². The first-order chi connectivity index (χ1) is 14.8. The van der Waals surface area contributed by atoms with E-state index in [1.165, 1.54) is 0 Å². The lowest BCUT2D eigenvalue weighted by Gasteiger charge is -2.29. The summed E-state index contributed by atoms with van der Waals surface area (Å²) < 4.78 is 42.3. The average Bonchev–Trinajstić information content (AvgIpc) is 2.75. The van der Waals surface area contributed by atoms with Crippen LogP contribution in [0.2, 0.25) is 0 Å². The van der Waals surface area contributed by atoms with Crippen LogP contribution in [0.3, 0.4) is 0 Å². The second-order valence-electron chi connectivity index (χ2n) is 7.31. The molecule has 1 aliphatic rings. The monoisotopic (exact) mass is 448 g/mol. The van der Waals surface area contributed by atoms with Gasteiger partial charge in [0.25, 0.3) is 0 Å². The van der Waals surface area contributed by atoms with Crippen LogP contribution in [0.4, 0.5) is 5.69 Å². The first-order valence-electron chi connectivity index (χ1n) is 10.1. The van der Waals surface area contributed by atoms with E-state index < -0.39 is 16.1 Å². The number of sulfonamides is 1. The highest BCUT2D eigenvalue weighted by Crippen LogP contribution is 2.35. The van der Waals surface area contributed by atoms with Gasteiger partial charge in [-0.2, -0.15) is 0 Å². The molecule has 0 bridgehead atoms. The molecule has 168 valence electrons. The van der Waals surface area contributed by atoms with Gasteiger partial charge in [0, 0.05) is 12.6 Å². The molecule has 31 heavy (non-hydrogen) atoms. The second kappa shape index (κ2) is 9.91. The van der Waals surface area contributed by atoms with Crippen LogP contribution < -0.4 is 23.8 Å². The number of methoxy groups -OCH3 is 1. The van der Waals surface area contributed by atoms with Crippen molar-refractivity contribution in [1.29, 1.82) is 0 Å². The molecule has 0 aliphatic carbocycles. The van der Waals surface area contributed by atoms with Crippen molar-refractivity contribution in [3.8, 4) is 17.2 Å². The van der Waals surface area contributed by atoms with E-state index in [0.717, 1.165) is 28.3 Å². The van der Waals surface area contributed by atoms with E-state index >= 15 is 0 Å². The van der Waals surface area contributed by atoms with Crippen LogP contribution in [0.1, 0.15) is 18.9 Å². The lowest BCUT2D eigenvalue weighted by molar-refractivity contribution is -0.121. The average molecular weight is 449 g/mol. The van der Waals surface area contributed by atoms with Crippen molar-refractivity contribution in [2.45, 2.75) is 25.8 Å². The number of aryl methyl sites for hydroxylation is 1. The largest absolute Gasteiger partial charge is 0.497 e. The van der Waals surface area contributed by atoms with Gasteiger partial charge in [-0.05, 0) is 49.6 Å². The molecule has 1 N–H and O–H groups in total. The van der Waals surface area contributed by atoms with E-state index in [9.17, 15) is 13.2 Å². The maximum Gasteiger partial charge on any atom is 0.243 e. The predicted molar refractivity (Wildman–Crippen MR) is 119 cm³/mol. The zero-order valence-corrected chi connectivity index (χ0v) is 18.8. The number of nitrogens with one attached hydrogen (secondary N) is 1. The molecule has 0 radical (unpaired) electrons. The number of hydrogen-bond acceptors (Lipinski definition) is 6. The Morgan fingerprint density at radius 1 is 1.16 bits per heavy atom. The number of anilines is 1. The van der Waals surface area contributed by atoms with E-state index in [2.05, 4.69) is 5.32 Å². The van der Waals surface area contributed by atoms with Crippen molar-refractivity contribution in [3.63, 3.8) is 0 Å². The van der Waals surface area contributed by atoms with Crippen molar-refractivity contribution >= 4 is 21.6 Å². The van der Waals surface area contributed by atoms with Gasteiger partial charge in [0.2, 0.25) is 15.9 Å². The van der Waals surface area contributed by atoms with Crippen LogP contribution >= 0.6 is 0 Å². The fourth-order valence-corrected chi connectivity index (χ4v) is 4.62. The van der Waals surface area contributed by atoms with Crippen molar-refractivity contribution in [1.82, 2.24) is 5.32 Å². The second-order valence-corrected chi connectivity index (χ2v) is 9.17. The summed E-state index contributed by atoms with van der Waals surface area (Å²) in [5, 5.41) is 2.83. The van der Waals surface area contributed by atoms with Gasteiger partial charge in [0.05, 0.1) is 19.1 Å². The zero-order valence-electron chi connectivity index (χ0n) is 18.0. The predicted octanol–water partition coefficient (Wildman–Crippen LogP) is 2.37. The van der Waals surface area contributed by atoms with Crippen LogP contribution in [0.5, 0.6) is 17.2 Å². The highest BCUT2D eigenvalue weighted by Gasteiger charge is 2.30. The van der Waals surface area contributed by atoms with Crippen LogP contribution in [-0.2, 0) is 21.2 Å². The summed E-state index contributed by atoms with van der Waals surface area (Å²) in [4.78, 5) is 12.7. The summed E-state index contributed by atoms with van der Waals surface area (Å²) >= 11 is 0. The number of nitrogens with zero attached hydrogens (tertiary/aromatic N) is 1. The van der Waals surface area contributed by atoms with Crippen molar-refractivity contribution in [2.24, 2.45) is 0 Å². The third-order valence-corrected chi connectivity index (χ3v) is 6.19. The summed E-state index contributed by atoms with van der Waals surface area (Å²) in [5.41, 5.74) is 1.46. The van der Waals surface area contributed by atoms with Crippen LogP contribution in [-0.4, -0.2) is 53.5 Å². The molecule has 0 spiro atoms. The molecule has 0 saturated heterocycles. The maximum atomic E-state index is 12.7. The third kappa shape index (κ3) is 5.81. The number of amides is 1. The van der Waals surface area contributed by atoms with Gasteiger partial charge < -0.3 is 19.5 Å². The quantitative estimate of drug-likeness (QED) is 0.592. The Hall–Kier alpha value is -2.94. The van der Waals surface area contributed by atoms with Gasteiger partial charge in [-0.25, -0.2) is 8.42 Å². The van der Waals surface area contributed by atoms with Gasteiger partial charge in [-0.15, -0.1) is 0 Å². The molecule has 1 amide bonds. The molecule has 0 saturated carbocycles. The number of benzene rings is 2. The summed E-state index contributed by atoms with van der Waals surface area (Å²) in [5.74, 6) is 1.44. The number of fused-ring (bicyclic) bond motifs is 1. The van der Waals surface area contributed by atoms with E-state index in [4.69, 9.17) is 14.2 Å². The zero-order chi connectivity index (χ0) is 22.4.